The number of benzene rings is 3. The topological polar surface area (TPSA) is 142 Å². The molecule has 2 atom stereocenters. The Bertz CT molecular complexity index is 1530. The zero-order valence-electron chi connectivity index (χ0n) is 21.8. The molecule has 13 heteroatoms. The van der Waals surface area contributed by atoms with Crippen LogP contribution in [0, 0.1) is 0 Å². The Balaban J connectivity index is 1.41. The summed E-state index contributed by atoms with van der Waals surface area (Å²) in [6.45, 7) is 1.51. The number of carbonyl (C=O) groups excluding carboxylic acids is 2. The lowest BCUT2D eigenvalue weighted by Gasteiger charge is -2.25. The number of amides is 2. The summed E-state index contributed by atoms with van der Waals surface area (Å²) in [5.41, 5.74) is 1.25. The van der Waals surface area contributed by atoms with Crippen molar-refractivity contribution in [3.63, 3.8) is 0 Å². The highest BCUT2D eigenvalue weighted by Gasteiger charge is 2.40. The largest absolute Gasteiger partial charge is 0.480 e. The number of halogens is 2. The lowest BCUT2D eigenvalue weighted by molar-refractivity contribution is -0.142. The fraction of sp³-hybridized carbons (Fsp3) is 0.250. The third-order valence-corrected chi connectivity index (χ3v) is 8.66. The van der Waals surface area contributed by atoms with E-state index in [2.05, 4.69) is 10.6 Å². The molecule has 3 aromatic carbocycles. The monoisotopic (exact) mass is 619 g/mol. The van der Waals surface area contributed by atoms with Crippen LogP contribution in [0.25, 0.3) is 0 Å². The van der Waals surface area contributed by atoms with Crippen LogP contribution in [0.5, 0.6) is 11.5 Å². The van der Waals surface area contributed by atoms with Gasteiger partial charge < -0.3 is 20.5 Å². The molecule has 4 rings (SSSR count). The Morgan fingerprint density at radius 3 is 2.15 bits per heavy atom. The molecule has 3 aromatic rings. The second kappa shape index (κ2) is 12.9. The van der Waals surface area contributed by atoms with Gasteiger partial charge in [0.15, 0.2) is 0 Å². The van der Waals surface area contributed by atoms with E-state index in [4.69, 9.17) is 27.9 Å². The van der Waals surface area contributed by atoms with Crippen LogP contribution in [0.1, 0.15) is 25.3 Å². The lowest BCUT2D eigenvalue weighted by atomic mass is 10.1. The van der Waals surface area contributed by atoms with Gasteiger partial charge in [-0.05, 0) is 73.0 Å². The Hall–Kier alpha value is -3.64. The number of aliphatic carboxylic acids is 1. The maximum Gasteiger partial charge on any atom is 0.326 e. The number of carboxylic acids is 1. The molecule has 1 aliphatic heterocycles. The molecule has 0 radical (unpaired) electrons. The molecule has 0 spiro atoms. The molecule has 1 fully saturated rings. The molecule has 0 aromatic heterocycles. The normalized spacial score (nSPS) is 16.1. The minimum atomic E-state index is -4.11. The van der Waals surface area contributed by atoms with Gasteiger partial charge in [-0.3, -0.25) is 9.59 Å². The lowest BCUT2D eigenvalue weighted by Crippen LogP contribution is -2.51. The van der Waals surface area contributed by atoms with Crippen molar-refractivity contribution in [1.82, 2.24) is 9.62 Å². The van der Waals surface area contributed by atoms with Crippen LogP contribution in [0.2, 0.25) is 10.0 Å². The van der Waals surface area contributed by atoms with Gasteiger partial charge in [0.1, 0.15) is 23.6 Å². The number of ether oxygens (including phenoxy) is 1. The predicted molar refractivity (Wildman–Crippen MR) is 154 cm³/mol. The summed E-state index contributed by atoms with van der Waals surface area (Å²) in [5, 5.41) is 15.2. The van der Waals surface area contributed by atoms with Crippen molar-refractivity contribution in [3.8, 4) is 11.5 Å². The van der Waals surface area contributed by atoms with Crippen LogP contribution in [-0.4, -0.2) is 54.2 Å². The Kier molecular flexibility index (Phi) is 9.54. The average Bonchev–Trinajstić information content (AvgIpc) is 3.41. The van der Waals surface area contributed by atoms with Gasteiger partial charge in [0, 0.05) is 35.6 Å². The Morgan fingerprint density at radius 2 is 1.59 bits per heavy atom. The average molecular weight is 621 g/mol. The van der Waals surface area contributed by atoms with Crippen LogP contribution in [0.3, 0.4) is 0 Å². The minimum absolute atomic E-state index is 0.0316. The minimum Gasteiger partial charge on any atom is -0.480 e. The number of nitrogens with zero attached hydrogens (tertiary/aromatic N) is 1. The summed E-state index contributed by atoms with van der Waals surface area (Å²) in [5.74, 6) is -1.09. The van der Waals surface area contributed by atoms with Crippen molar-refractivity contribution >= 4 is 56.7 Å². The molecule has 0 saturated carbocycles. The predicted octanol–water partition coefficient (Wildman–Crippen LogP) is 4.71. The van der Waals surface area contributed by atoms with Crippen LogP contribution >= 0.6 is 23.2 Å². The number of rotatable bonds is 10. The third kappa shape index (κ3) is 7.76. The van der Waals surface area contributed by atoms with Gasteiger partial charge in [-0.2, -0.15) is 4.31 Å². The fourth-order valence-corrected chi connectivity index (χ4v) is 6.83. The van der Waals surface area contributed by atoms with Crippen molar-refractivity contribution in [3.05, 3.63) is 82.3 Å². The maximum absolute atomic E-state index is 13.3. The van der Waals surface area contributed by atoms with Gasteiger partial charge in [0.05, 0.1) is 4.90 Å². The molecule has 1 heterocycles. The van der Waals surface area contributed by atoms with Gasteiger partial charge >= 0.3 is 5.97 Å². The van der Waals surface area contributed by atoms with Crippen LogP contribution < -0.4 is 15.4 Å². The number of hydrogen-bond acceptors (Lipinski definition) is 6. The summed E-state index contributed by atoms with van der Waals surface area (Å²) in [7, 11) is -4.11. The molecule has 2 amide bonds. The molecular weight excluding hydrogens is 593 g/mol. The first kappa shape index (κ1) is 30.3. The van der Waals surface area contributed by atoms with E-state index < -0.39 is 34.0 Å². The van der Waals surface area contributed by atoms with E-state index in [0.717, 1.165) is 4.31 Å². The third-order valence-electron chi connectivity index (χ3n) is 6.34. The molecule has 0 aliphatic carbocycles. The fourth-order valence-electron chi connectivity index (χ4n) is 4.45. The number of carbonyl (C=O) groups is 3. The number of anilines is 1. The van der Waals surface area contributed by atoms with Gasteiger partial charge in [-0.15, -0.1) is 0 Å². The zero-order valence-corrected chi connectivity index (χ0v) is 24.2. The summed E-state index contributed by atoms with van der Waals surface area (Å²) in [6, 6.07) is 15.0. The van der Waals surface area contributed by atoms with Crippen LogP contribution in [-0.2, 0) is 30.8 Å². The first-order valence-corrected chi connectivity index (χ1v) is 14.8. The van der Waals surface area contributed by atoms with Gasteiger partial charge in [0.2, 0.25) is 21.8 Å². The van der Waals surface area contributed by atoms with E-state index in [0.29, 0.717) is 29.2 Å². The summed E-state index contributed by atoms with van der Waals surface area (Å²) in [6.07, 6.45) is 0.639. The quantitative estimate of drug-likeness (QED) is 0.298. The molecule has 41 heavy (non-hydrogen) atoms. The molecule has 216 valence electrons. The molecule has 0 bridgehead atoms. The number of carboxylic acid groups (broad SMARTS) is 1. The van der Waals surface area contributed by atoms with Crippen molar-refractivity contribution in [2.45, 2.75) is 43.2 Å². The maximum atomic E-state index is 13.3. The number of sulfonamides is 1. The highest BCUT2D eigenvalue weighted by atomic mass is 35.5. The summed E-state index contributed by atoms with van der Waals surface area (Å²) in [4.78, 5) is 36.2. The smallest absolute Gasteiger partial charge is 0.326 e. The highest BCUT2D eigenvalue weighted by Crippen LogP contribution is 2.30. The first-order valence-electron chi connectivity index (χ1n) is 12.6. The molecule has 3 N–H and O–H groups in total. The highest BCUT2D eigenvalue weighted by molar-refractivity contribution is 7.89. The zero-order chi connectivity index (χ0) is 29.7. The second-order valence-corrected chi connectivity index (χ2v) is 12.2. The van der Waals surface area contributed by atoms with E-state index in [1.54, 1.807) is 48.5 Å². The molecular formula is C28H27Cl2N3O7S. The van der Waals surface area contributed by atoms with E-state index in [1.807, 2.05) is 0 Å². The summed E-state index contributed by atoms with van der Waals surface area (Å²) >= 11 is 12.0. The Morgan fingerprint density at radius 1 is 1.00 bits per heavy atom. The van der Waals surface area contributed by atoms with Crippen LogP contribution in [0.15, 0.2) is 71.6 Å². The van der Waals surface area contributed by atoms with Crippen molar-refractivity contribution in [2.75, 3.05) is 11.9 Å². The second-order valence-electron chi connectivity index (χ2n) is 9.43. The molecule has 1 aliphatic rings. The SMILES string of the molecule is CC(=O)Nc1ccc(Oc2ccc(C[C@H](NC(=O)[C@@H]3CCCN3S(=O)(=O)c3cc(Cl)cc(Cl)c3)C(=O)O)cc2)cc1. The van der Waals surface area contributed by atoms with Gasteiger partial charge in [-0.25, -0.2) is 13.2 Å². The number of hydrogen-bond donors (Lipinski definition) is 3. The molecule has 1 saturated heterocycles. The first-order chi connectivity index (χ1) is 19.4. The number of nitrogens with one attached hydrogen (secondary N) is 2. The summed E-state index contributed by atoms with van der Waals surface area (Å²) < 4.78 is 33.4. The van der Waals surface area contributed by atoms with E-state index >= 15 is 0 Å². The van der Waals surface area contributed by atoms with E-state index in [1.165, 1.54) is 25.1 Å². The van der Waals surface area contributed by atoms with Gasteiger partial charge in [-0.1, -0.05) is 35.3 Å². The van der Waals surface area contributed by atoms with Gasteiger partial charge in [0.25, 0.3) is 0 Å². The van der Waals surface area contributed by atoms with Crippen molar-refractivity contribution < 1.29 is 32.6 Å². The standard InChI is InChI=1S/C28H27Cl2N3O7S/c1-17(34)31-21-6-10-23(11-7-21)40-22-8-4-18(5-9-22)13-25(28(36)37)32-27(35)26-3-2-12-33(26)41(38,39)24-15-19(29)14-20(30)16-24/h4-11,14-16,25-26H,2-3,12-13H2,1H3,(H,31,34)(H,32,35)(H,36,37)/t25-,26-/m0/s1. The van der Waals surface area contributed by atoms with Crippen LogP contribution in [0.4, 0.5) is 5.69 Å². The Labute approximate surface area is 247 Å². The molecule has 0 unspecified atom stereocenters. The van der Waals surface area contributed by atoms with E-state index in [-0.39, 0.29) is 40.2 Å². The van der Waals surface area contributed by atoms with Crippen molar-refractivity contribution in [2.24, 2.45) is 0 Å². The molecule has 10 nitrogen and oxygen atoms in total. The van der Waals surface area contributed by atoms with Crippen molar-refractivity contribution in [1.29, 1.82) is 0 Å². The van der Waals surface area contributed by atoms with E-state index in [9.17, 15) is 27.9 Å².